The maximum atomic E-state index is 13.9. The van der Waals surface area contributed by atoms with E-state index in [9.17, 15) is 14.7 Å². The Morgan fingerprint density at radius 3 is 2.53 bits per heavy atom. The highest BCUT2D eigenvalue weighted by atomic mass is 35.5. The molecule has 11 heteroatoms. The summed E-state index contributed by atoms with van der Waals surface area (Å²) in [6.07, 6.45) is 0.544. The van der Waals surface area contributed by atoms with Crippen molar-refractivity contribution in [3.05, 3.63) is 76.4 Å². The molecular weight excluding hydrogens is 586 g/mol. The van der Waals surface area contributed by atoms with Crippen LogP contribution in [-0.2, 0) is 21.4 Å². The van der Waals surface area contributed by atoms with Gasteiger partial charge in [0.15, 0.2) is 11.2 Å². The second kappa shape index (κ2) is 10.9. The molecule has 0 aliphatic carbocycles. The van der Waals surface area contributed by atoms with Crippen molar-refractivity contribution < 1.29 is 19.4 Å². The third-order valence-corrected chi connectivity index (χ3v) is 8.66. The number of fused-ring (bicyclic) bond motifs is 2. The second-order valence-electron chi connectivity index (χ2n) is 11.5. The summed E-state index contributed by atoms with van der Waals surface area (Å²) in [5, 5.41) is 16.6. The number of anilines is 1. The van der Waals surface area contributed by atoms with Gasteiger partial charge < -0.3 is 9.84 Å². The number of hydrogen-bond donors (Lipinski definition) is 1. The number of rotatable bonds is 6. The van der Waals surface area contributed by atoms with Gasteiger partial charge in [-0.1, -0.05) is 41.1 Å². The van der Waals surface area contributed by atoms with Crippen LogP contribution >= 0.6 is 22.9 Å². The molecule has 3 heterocycles. The first-order valence-corrected chi connectivity index (χ1v) is 15.0. The largest absolute Gasteiger partial charge is 0.479 e. The van der Waals surface area contributed by atoms with E-state index in [1.165, 1.54) is 11.3 Å². The third-order valence-electron chi connectivity index (χ3n) is 7.30. The third kappa shape index (κ3) is 5.42. The molecule has 1 amide bonds. The number of halogens is 1. The lowest BCUT2D eigenvalue weighted by atomic mass is 9.91. The highest BCUT2D eigenvalue weighted by molar-refractivity contribution is 7.23. The van der Waals surface area contributed by atoms with Crippen LogP contribution in [0, 0.1) is 6.92 Å². The zero-order valence-corrected chi connectivity index (χ0v) is 26.0. The number of carboxylic acid groups (broad SMARTS) is 1. The summed E-state index contributed by atoms with van der Waals surface area (Å²) < 4.78 is 8.65. The van der Waals surface area contributed by atoms with E-state index in [4.69, 9.17) is 21.3 Å². The molecular formula is C32H30ClN5O4S. The molecule has 0 radical (unpaired) electrons. The molecule has 43 heavy (non-hydrogen) atoms. The van der Waals surface area contributed by atoms with Gasteiger partial charge in [-0.3, -0.25) is 19.4 Å². The summed E-state index contributed by atoms with van der Waals surface area (Å²) in [4.78, 5) is 37.6. The topological polar surface area (TPSA) is 110 Å². The second-order valence-corrected chi connectivity index (χ2v) is 12.9. The van der Waals surface area contributed by atoms with Gasteiger partial charge in [0.2, 0.25) is 0 Å². The van der Waals surface area contributed by atoms with Crippen molar-refractivity contribution in [2.75, 3.05) is 18.0 Å². The number of amides is 1. The molecule has 6 rings (SSSR count). The highest BCUT2D eigenvalue weighted by Crippen LogP contribution is 2.44. The van der Waals surface area contributed by atoms with Crippen LogP contribution in [0.15, 0.2) is 59.7 Å². The molecule has 0 fully saturated rings. The van der Waals surface area contributed by atoms with E-state index in [0.717, 1.165) is 32.3 Å². The number of thiazole rings is 1. The van der Waals surface area contributed by atoms with Crippen LogP contribution in [-0.4, -0.2) is 56.1 Å². The molecule has 1 aliphatic rings. The van der Waals surface area contributed by atoms with E-state index in [1.54, 1.807) is 27.9 Å². The Balaban J connectivity index is 1.48. The maximum absolute atomic E-state index is 13.9. The van der Waals surface area contributed by atoms with Gasteiger partial charge >= 0.3 is 5.97 Å². The number of carbonyl (C=O) groups excluding carboxylic acids is 1. The first kappa shape index (κ1) is 29.0. The zero-order valence-electron chi connectivity index (χ0n) is 24.4. The van der Waals surface area contributed by atoms with Gasteiger partial charge in [-0.15, -0.1) is 0 Å². The molecule has 1 aliphatic heterocycles. The van der Waals surface area contributed by atoms with Crippen molar-refractivity contribution in [3.8, 4) is 11.1 Å². The summed E-state index contributed by atoms with van der Waals surface area (Å²) in [6, 6.07) is 14.9. The standard InChI is InChI=1S/C32H30ClN5O4S/c1-17-14-22-28(25(18-6-9-21(33)10-7-18)24(17)27(30(40)41)42-32(2,3)4)43-31(36-22)38-13-12-34-26(29(38)39)19-8-11-23-20(15-19)16-35-37(23)5/h6-11,14-16,27H,12-13H2,1-5H3,(H,40,41). The van der Waals surface area contributed by atoms with Crippen molar-refractivity contribution >= 4 is 66.8 Å². The molecule has 9 nitrogen and oxygen atoms in total. The van der Waals surface area contributed by atoms with Crippen LogP contribution in [0.5, 0.6) is 0 Å². The van der Waals surface area contributed by atoms with Crippen LogP contribution in [0.1, 0.15) is 43.6 Å². The van der Waals surface area contributed by atoms with E-state index >= 15 is 0 Å². The highest BCUT2D eigenvalue weighted by Gasteiger charge is 2.34. The van der Waals surface area contributed by atoms with Gasteiger partial charge in [0.05, 0.1) is 34.1 Å². The summed E-state index contributed by atoms with van der Waals surface area (Å²) in [5.41, 5.74) is 4.76. The normalized spacial score (nSPS) is 14.9. The molecule has 2 aromatic heterocycles. The minimum atomic E-state index is -1.22. The summed E-state index contributed by atoms with van der Waals surface area (Å²) in [5.74, 6) is -1.33. The Kier molecular flexibility index (Phi) is 7.32. The molecule has 220 valence electrons. The average Bonchev–Trinajstić information content (AvgIpc) is 3.54. The van der Waals surface area contributed by atoms with Crippen molar-refractivity contribution in [1.29, 1.82) is 0 Å². The van der Waals surface area contributed by atoms with Gasteiger partial charge in [0, 0.05) is 40.7 Å². The molecule has 0 saturated heterocycles. The number of aliphatic carboxylic acids is 1. The van der Waals surface area contributed by atoms with E-state index < -0.39 is 17.7 Å². The number of aromatic nitrogens is 3. The Morgan fingerprint density at radius 1 is 1.12 bits per heavy atom. The van der Waals surface area contributed by atoms with Crippen LogP contribution in [0.3, 0.4) is 0 Å². The van der Waals surface area contributed by atoms with Crippen molar-refractivity contribution in [3.63, 3.8) is 0 Å². The number of carbonyl (C=O) groups is 2. The molecule has 0 spiro atoms. The van der Waals surface area contributed by atoms with Crippen LogP contribution in [0.2, 0.25) is 5.02 Å². The number of ether oxygens (including phenoxy) is 1. The summed E-state index contributed by atoms with van der Waals surface area (Å²) in [6.45, 7) is 8.16. The fourth-order valence-electron chi connectivity index (χ4n) is 5.41. The Morgan fingerprint density at radius 2 is 1.84 bits per heavy atom. The van der Waals surface area contributed by atoms with Gasteiger partial charge in [-0.05, 0) is 69.2 Å². The molecule has 1 N–H and O–H groups in total. The van der Waals surface area contributed by atoms with Gasteiger partial charge in [0.1, 0.15) is 5.71 Å². The first-order chi connectivity index (χ1) is 20.4. The van der Waals surface area contributed by atoms with Gasteiger partial charge in [-0.25, -0.2) is 9.78 Å². The molecule has 1 atom stereocenters. The SMILES string of the molecule is Cc1cc2nc(N3CCN=C(c4ccc5c(cnn5C)c4)C3=O)sc2c(-c2ccc(Cl)cc2)c1C(OC(C)(C)C)C(=O)O. The first-order valence-electron chi connectivity index (χ1n) is 13.8. The Bertz CT molecular complexity index is 1940. The fourth-order valence-corrected chi connectivity index (χ4v) is 6.69. The van der Waals surface area contributed by atoms with Crippen molar-refractivity contribution in [1.82, 2.24) is 14.8 Å². The van der Waals surface area contributed by atoms with E-state index in [2.05, 4.69) is 10.1 Å². The van der Waals surface area contributed by atoms with Crippen molar-refractivity contribution in [2.24, 2.45) is 12.0 Å². The lowest BCUT2D eigenvalue weighted by Gasteiger charge is -2.28. The molecule has 3 aromatic carbocycles. The van der Waals surface area contributed by atoms with Crippen LogP contribution < -0.4 is 4.90 Å². The molecule has 0 bridgehead atoms. The minimum absolute atomic E-state index is 0.238. The van der Waals surface area contributed by atoms with Crippen LogP contribution in [0.25, 0.3) is 32.2 Å². The van der Waals surface area contributed by atoms with Gasteiger partial charge in [0.25, 0.3) is 5.91 Å². The van der Waals surface area contributed by atoms with Crippen LogP contribution in [0.4, 0.5) is 5.13 Å². The van der Waals surface area contributed by atoms with Crippen molar-refractivity contribution in [2.45, 2.75) is 39.4 Å². The fraction of sp³-hybridized carbons (Fsp3) is 0.281. The van der Waals surface area contributed by atoms with Gasteiger partial charge in [-0.2, -0.15) is 5.10 Å². The Hall–Kier alpha value is -4.12. The molecule has 0 saturated carbocycles. The Labute approximate surface area is 257 Å². The predicted molar refractivity (Wildman–Crippen MR) is 170 cm³/mol. The maximum Gasteiger partial charge on any atom is 0.337 e. The zero-order chi connectivity index (χ0) is 30.6. The lowest BCUT2D eigenvalue weighted by molar-refractivity contribution is -0.160. The summed E-state index contributed by atoms with van der Waals surface area (Å²) in [7, 11) is 1.87. The molecule has 5 aromatic rings. The minimum Gasteiger partial charge on any atom is -0.479 e. The predicted octanol–water partition coefficient (Wildman–Crippen LogP) is 6.59. The van der Waals surface area contributed by atoms with E-state index in [1.807, 2.05) is 71.1 Å². The van der Waals surface area contributed by atoms with E-state index in [0.29, 0.717) is 45.6 Å². The van der Waals surface area contributed by atoms with E-state index in [-0.39, 0.29) is 5.91 Å². The number of nitrogens with zero attached hydrogens (tertiary/aromatic N) is 5. The number of hydrogen-bond acceptors (Lipinski definition) is 7. The quantitative estimate of drug-likeness (QED) is 0.231. The number of carboxylic acids is 1. The monoisotopic (exact) mass is 615 g/mol. The molecule has 1 unspecified atom stereocenters. The lowest BCUT2D eigenvalue weighted by Crippen LogP contribution is -2.42. The number of aliphatic imine (C=N–C) groups is 1. The summed E-state index contributed by atoms with van der Waals surface area (Å²) >= 11 is 7.57. The number of benzene rings is 3. The average molecular weight is 616 g/mol. The smallest absolute Gasteiger partial charge is 0.337 e. The number of aryl methyl sites for hydroxylation is 2.